The van der Waals surface area contributed by atoms with E-state index in [1.165, 1.54) is 6.54 Å². The highest BCUT2D eigenvalue weighted by Gasteiger charge is 2.66. The minimum absolute atomic E-state index is 0.364. The maximum absolute atomic E-state index is 2.67. The first kappa shape index (κ1) is 9.51. The van der Waals surface area contributed by atoms with Gasteiger partial charge in [0, 0.05) is 18.1 Å². The van der Waals surface area contributed by atoms with Crippen molar-refractivity contribution in [1.82, 2.24) is 4.90 Å². The molecule has 1 nitrogen and oxygen atoms in total. The summed E-state index contributed by atoms with van der Waals surface area (Å²) in [6.45, 7) is 15.6. The molecule has 0 bridgehead atoms. The van der Waals surface area contributed by atoms with E-state index in [-0.39, 0.29) is 0 Å². The molecule has 0 N–H and O–H groups in total. The van der Waals surface area contributed by atoms with Crippen LogP contribution in [-0.4, -0.2) is 23.0 Å². The summed E-state index contributed by atoms with van der Waals surface area (Å²) in [6, 6.07) is 0.792. The van der Waals surface area contributed by atoms with Crippen molar-refractivity contribution in [2.24, 2.45) is 17.3 Å². The van der Waals surface area contributed by atoms with Crippen molar-refractivity contribution in [1.29, 1.82) is 0 Å². The molecule has 1 saturated heterocycles. The van der Waals surface area contributed by atoms with Crippen molar-refractivity contribution in [3.05, 3.63) is 0 Å². The first-order valence-corrected chi connectivity index (χ1v) is 5.53. The lowest BCUT2D eigenvalue weighted by Crippen LogP contribution is -2.46. The van der Waals surface area contributed by atoms with Gasteiger partial charge in [-0.3, -0.25) is 4.90 Å². The van der Waals surface area contributed by atoms with Crippen molar-refractivity contribution < 1.29 is 0 Å². The van der Waals surface area contributed by atoms with Crippen molar-refractivity contribution in [2.45, 2.75) is 53.1 Å². The molecule has 0 aromatic rings. The summed E-state index contributed by atoms with van der Waals surface area (Å²) in [7, 11) is 0. The summed E-state index contributed by atoms with van der Waals surface area (Å²) < 4.78 is 0. The molecule has 1 heteroatoms. The van der Waals surface area contributed by atoms with Gasteiger partial charge in [-0.1, -0.05) is 13.8 Å². The number of fused-ring (bicyclic) bond motifs is 1. The summed E-state index contributed by atoms with van der Waals surface area (Å²) in [6.07, 6.45) is 0. The Bertz CT molecular complexity index is 224. The van der Waals surface area contributed by atoms with Gasteiger partial charge in [0.2, 0.25) is 0 Å². The average molecular weight is 181 g/mol. The van der Waals surface area contributed by atoms with E-state index in [0.29, 0.717) is 11.0 Å². The van der Waals surface area contributed by atoms with E-state index in [9.17, 15) is 0 Å². The van der Waals surface area contributed by atoms with E-state index in [1.54, 1.807) is 0 Å². The van der Waals surface area contributed by atoms with Gasteiger partial charge in [0.15, 0.2) is 0 Å². The van der Waals surface area contributed by atoms with E-state index in [1.807, 2.05) is 0 Å². The molecule has 1 saturated carbocycles. The Kier molecular flexibility index (Phi) is 1.69. The predicted molar refractivity (Wildman–Crippen MR) is 56.7 cm³/mol. The van der Waals surface area contributed by atoms with Gasteiger partial charge in [0.05, 0.1) is 0 Å². The van der Waals surface area contributed by atoms with Gasteiger partial charge in [-0.15, -0.1) is 0 Å². The minimum atomic E-state index is 0.364. The molecular formula is C12H23N. The average Bonchev–Trinajstić information content (AvgIpc) is 2.33. The van der Waals surface area contributed by atoms with Crippen LogP contribution < -0.4 is 0 Å². The number of hydrogen-bond acceptors (Lipinski definition) is 1. The second kappa shape index (κ2) is 2.31. The molecule has 1 aliphatic heterocycles. The Morgan fingerprint density at radius 3 is 2.08 bits per heavy atom. The number of likely N-dealkylation sites (tertiary alicyclic amines) is 1. The number of rotatable bonds is 0. The van der Waals surface area contributed by atoms with Gasteiger partial charge in [-0.2, -0.15) is 0 Å². The van der Waals surface area contributed by atoms with Gasteiger partial charge in [-0.25, -0.2) is 0 Å². The molecule has 0 radical (unpaired) electrons. The maximum Gasteiger partial charge on any atom is 0.0128 e. The second-order valence-electron chi connectivity index (χ2n) is 6.52. The van der Waals surface area contributed by atoms with E-state index in [0.717, 1.165) is 17.9 Å². The molecule has 0 spiro atoms. The molecule has 1 heterocycles. The number of hydrogen-bond donors (Lipinski definition) is 0. The van der Waals surface area contributed by atoms with Gasteiger partial charge < -0.3 is 0 Å². The number of nitrogens with zero attached hydrogens (tertiary/aromatic N) is 1. The third-order valence-electron chi connectivity index (χ3n) is 4.41. The topological polar surface area (TPSA) is 3.24 Å². The van der Waals surface area contributed by atoms with E-state index in [4.69, 9.17) is 0 Å². The highest BCUT2D eigenvalue weighted by atomic mass is 15.3. The molecule has 0 amide bonds. The Labute approximate surface area is 82.5 Å². The molecule has 0 unspecified atom stereocenters. The van der Waals surface area contributed by atoms with Crippen LogP contribution in [0, 0.1) is 17.3 Å². The van der Waals surface area contributed by atoms with Crippen molar-refractivity contribution in [2.75, 3.05) is 6.54 Å². The van der Waals surface area contributed by atoms with Crippen LogP contribution in [0.25, 0.3) is 0 Å². The maximum atomic E-state index is 2.67. The van der Waals surface area contributed by atoms with Crippen LogP contribution in [-0.2, 0) is 0 Å². The first-order chi connectivity index (χ1) is 5.76. The monoisotopic (exact) mass is 181 g/mol. The van der Waals surface area contributed by atoms with E-state index >= 15 is 0 Å². The third kappa shape index (κ3) is 1.16. The van der Waals surface area contributed by atoms with Crippen molar-refractivity contribution >= 4 is 0 Å². The highest BCUT2D eigenvalue weighted by molar-refractivity contribution is 5.16. The Morgan fingerprint density at radius 2 is 1.77 bits per heavy atom. The summed E-state index contributed by atoms with van der Waals surface area (Å²) in [5, 5.41) is 0. The molecule has 13 heavy (non-hydrogen) atoms. The molecule has 2 aliphatic rings. The fourth-order valence-electron chi connectivity index (χ4n) is 3.55. The second-order valence-corrected chi connectivity index (χ2v) is 6.52. The van der Waals surface area contributed by atoms with Crippen LogP contribution >= 0.6 is 0 Å². The van der Waals surface area contributed by atoms with Crippen molar-refractivity contribution in [3.8, 4) is 0 Å². The lowest BCUT2D eigenvalue weighted by Gasteiger charge is -2.39. The molecule has 76 valence electrons. The molecular weight excluding hydrogens is 158 g/mol. The van der Waals surface area contributed by atoms with Crippen molar-refractivity contribution in [3.63, 3.8) is 0 Å². The zero-order chi connectivity index (χ0) is 10.0. The van der Waals surface area contributed by atoms with Crippen LogP contribution in [0.5, 0.6) is 0 Å². The summed E-state index contributed by atoms with van der Waals surface area (Å²) in [5.41, 5.74) is 1.00. The van der Waals surface area contributed by atoms with Gasteiger partial charge in [0.1, 0.15) is 0 Å². The third-order valence-corrected chi connectivity index (χ3v) is 4.41. The molecule has 1 aliphatic carbocycles. The largest absolute Gasteiger partial charge is 0.295 e. The lowest BCUT2D eigenvalue weighted by atomic mass is 9.97. The van der Waals surface area contributed by atoms with Gasteiger partial charge in [-0.05, 0) is 44.9 Å². The summed E-state index contributed by atoms with van der Waals surface area (Å²) in [4.78, 5) is 2.67. The zero-order valence-electron chi connectivity index (χ0n) is 9.89. The molecule has 0 aromatic heterocycles. The lowest BCUT2D eigenvalue weighted by molar-refractivity contribution is 0.0889. The molecule has 2 fully saturated rings. The first-order valence-electron chi connectivity index (χ1n) is 5.53. The fourth-order valence-corrected chi connectivity index (χ4v) is 3.55. The summed E-state index contributed by atoms with van der Waals surface area (Å²) >= 11 is 0. The smallest absolute Gasteiger partial charge is 0.0128 e. The van der Waals surface area contributed by atoms with Crippen LogP contribution in [0.15, 0.2) is 0 Å². The standard InChI is InChI=1S/C12H23N/c1-8-10-9(12(10,5)6)7-13(8)11(2,3)4/h8-10H,7H2,1-6H3/t8-,9+,10-/m1/s1. The predicted octanol–water partition coefficient (Wildman–Crippen LogP) is 2.76. The van der Waals surface area contributed by atoms with Crippen LogP contribution in [0.4, 0.5) is 0 Å². The Balaban J connectivity index is 2.11. The van der Waals surface area contributed by atoms with E-state index < -0.39 is 0 Å². The fraction of sp³-hybridized carbons (Fsp3) is 1.00. The van der Waals surface area contributed by atoms with Gasteiger partial charge in [0.25, 0.3) is 0 Å². The van der Waals surface area contributed by atoms with Crippen LogP contribution in [0.2, 0.25) is 0 Å². The minimum Gasteiger partial charge on any atom is -0.295 e. The van der Waals surface area contributed by atoms with Crippen LogP contribution in [0.1, 0.15) is 41.5 Å². The van der Waals surface area contributed by atoms with Gasteiger partial charge >= 0.3 is 0 Å². The molecule has 3 atom stereocenters. The normalized spacial score (nSPS) is 43.4. The Hall–Kier alpha value is -0.0400. The quantitative estimate of drug-likeness (QED) is 0.555. The van der Waals surface area contributed by atoms with E-state index in [2.05, 4.69) is 46.4 Å². The summed E-state index contributed by atoms with van der Waals surface area (Å²) in [5.74, 6) is 1.94. The molecule has 0 aromatic carbocycles. The number of piperidine rings is 1. The Morgan fingerprint density at radius 1 is 1.23 bits per heavy atom. The zero-order valence-corrected chi connectivity index (χ0v) is 9.89. The molecule has 2 rings (SSSR count). The van der Waals surface area contributed by atoms with Crippen LogP contribution in [0.3, 0.4) is 0 Å². The SMILES string of the molecule is C[C@@H]1[C@@H]2[C@H](CN1C(C)(C)C)C2(C)C. The highest BCUT2D eigenvalue weighted by Crippen LogP contribution is 2.65.